The van der Waals surface area contributed by atoms with Gasteiger partial charge in [0.15, 0.2) is 6.10 Å². The summed E-state index contributed by atoms with van der Waals surface area (Å²) < 4.78 is 16.5. The Morgan fingerprint density at radius 1 is 1.27 bits per heavy atom. The standard InChI is InChI=1S/C20H29NO5/c1-14-7-5-8-18(11-14)24-10-6-9-19(22)26-17(4)20(23)21-12-15(2)25-16(3)13-21/h5,7-8,11,15-17H,6,9-10,12-13H2,1-4H3. The van der Waals surface area contributed by atoms with Crippen LogP contribution in [-0.2, 0) is 19.1 Å². The van der Waals surface area contributed by atoms with E-state index in [0.29, 0.717) is 26.1 Å². The molecular formula is C20H29NO5. The first-order valence-electron chi connectivity index (χ1n) is 9.18. The molecule has 3 atom stereocenters. The van der Waals surface area contributed by atoms with Crippen LogP contribution in [0.1, 0.15) is 39.2 Å². The van der Waals surface area contributed by atoms with Crippen molar-refractivity contribution in [2.75, 3.05) is 19.7 Å². The van der Waals surface area contributed by atoms with E-state index in [4.69, 9.17) is 14.2 Å². The highest BCUT2D eigenvalue weighted by molar-refractivity contribution is 5.83. The SMILES string of the molecule is Cc1cccc(OCCCC(=O)OC(C)C(=O)N2CC(C)OC(C)C2)c1. The van der Waals surface area contributed by atoms with Gasteiger partial charge in [0.2, 0.25) is 0 Å². The fraction of sp³-hybridized carbons (Fsp3) is 0.600. The number of aryl methyl sites for hydroxylation is 1. The third-order valence-electron chi connectivity index (χ3n) is 4.17. The topological polar surface area (TPSA) is 65.1 Å². The quantitative estimate of drug-likeness (QED) is 0.550. The second-order valence-corrected chi connectivity index (χ2v) is 6.90. The van der Waals surface area contributed by atoms with Gasteiger partial charge in [0, 0.05) is 19.5 Å². The molecule has 26 heavy (non-hydrogen) atoms. The van der Waals surface area contributed by atoms with Crippen molar-refractivity contribution >= 4 is 11.9 Å². The summed E-state index contributed by atoms with van der Waals surface area (Å²) in [5.74, 6) is 0.238. The average molecular weight is 363 g/mol. The molecule has 1 aromatic carbocycles. The minimum atomic E-state index is -0.780. The zero-order chi connectivity index (χ0) is 19.1. The van der Waals surface area contributed by atoms with Crippen molar-refractivity contribution in [1.82, 2.24) is 4.90 Å². The number of morpholine rings is 1. The van der Waals surface area contributed by atoms with Crippen LogP contribution >= 0.6 is 0 Å². The summed E-state index contributed by atoms with van der Waals surface area (Å²) in [5.41, 5.74) is 1.13. The van der Waals surface area contributed by atoms with E-state index in [0.717, 1.165) is 11.3 Å². The molecule has 1 heterocycles. The Hall–Kier alpha value is -2.08. The molecule has 0 bridgehead atoms. The third-order valence-corrected chi connectivity index (χ3v) is 4.17. The Kier molecular flexibility index (Phi) is 7.45. The molecule has 1 fully saturated rings. The Bertz CT molecular complexity index is 608. The predicted molar refractivity (Wildman–Crippen MR) is 98.1 cm³/mol. The predicted octanol–water partition coefficient (Wildman–Crippen LogP) is 2.72. The Morgan fingerprint density at radius 2 is 1.96 bits per heavy atom. The van der Waals surface area contributed by atoms with Gasteiger partial charge in [-0.3, -0.25) is 9.59 Å². The summed E-state index contributed by atoms with van der Waals surface area (Å²) in [6, 6.07) is 7.76. The van der Waals surface area contributed by atoms with Gasteiger partial charge >= 0.3 is 5.97 Å². The summed E-state index contributed by atoms with van der Waals surface area (Å²) in [5, 5.41) is 0. The minimum absolute atomic E-state index is 0.00984. The normalized spacial score (nSPS) is 21.2. The lowest BCUT2D eigenvalue weighted by Gasteiger charge is -2.36. The summed E-state index contributed by atoms with van der Waals surface area (Å²) in [6.07, 6.45) is -0.0370. The summed E-state index contributed by atoms with van der Waals surface area (Å²) in [4.78, 5) is 26.1. The molecule has 144 valence electrons. The first-order valence-corrected chi connectivity index (χ1v) is 9.18. The van der Waals surface area contributed by atoms with Crippen molar-refractivity contribution in [3.8, 4) is 5.75 Å². The van der Waals surface area contributed by atoms with Gasteiger partial charge in [0.1, 0.15) is 5.75 Å². The molecule has 0 saturated carbocycles. The molecule has 3 unspecified atom stereocenters. The highest BCUT2D eigenvalue weighted by atomic mass is 16.5. The number of carbonyl (C=O) groups excluding carboxylic acids is 2. The zero-order valence-corrected chi connectivity index (χ0v) is 16.1. The maximum absolute atomic E-state index is 12.4. The Morgan fingerprint density at radius 3 is 2.62 bits per heavy atom. The van der Waals surface area contributed by atoms with Crippen molar-refractivity contribution in [1.29, 1.82) is 0 Å². The van der Waals surface area contributed by atoms with Crippen LogP contribution in [0.15, 0.2) is 24.3 Å². The molecule has 0 spiro atoms. The summed E-state index contributed by atoms with van der Waals surface area (Å²) in [7, 11) is 0. The van der Waals surface area contributed by atoms with Crippen LogP contribution in [-0.4, -0.2) is 54.8 Å². The van der Waals surface area contributed by atoms with Crippen molar-refractivity contribution in [3.05, 3.63) is 29.8 Å². The molecular weight excluding hydrogens is 334 g/mol. The van der Waals surface area contributed by atoms with Gasteiger partial charge in [-0.1, -0.05) is 12.1 Å². The van der Waals surface area contributed by atoms with Crippen LogP contribution < -0.4 is 4.74 Å². The number of amides is 1. The van der Waals surface area contributed by atoms with Crippen LogP contribution in [0.4, 0.5) is 0 Å². The maximum Gasteiger partial charge on any atom is 0.306 e. The summed E-state index contributed by atoms with van der Waals surface area (Å²) in [6.45, 7) is 8.96. The van der Waals surface area contributed by atoms with Gasteiger partial charge in [0.25, 0.3) is 5.91 Å². The molecule has 1 aliphatic rings. The number of ether oxygens (including phenoxy) is 3. The van der Waals surface area contributed by atoms with Gasteiger partial charge in [-0.25, -0.2) is 0 Å². The molecule has 0 aliphatic carbocycles. The van der Waals surface area contributed by atoms with E-state index < -0.39 is 6.10 Å². The number of carbonyl (C=O) groups is 2. The lowest BCUT2D eigenvalue weighted by Crippen LogP contribution is -2.51. The van der Waals surface area contributed by atoms with Crippen molar-refractivity contribution in [2.45, 2.75) is 58.8 Å². The number of hydrogen-bond donors (Lipinski definition) is 0. The van der Waals surface area contributed by atoms with E-state index in [9.17, 15) is 9.59 Å². The molecule has 0 N–H and O–H groups in total. The Balaban J connectivity index is 1.68. The maximum atomic E-state index is 12.4. The zero-order valence-electron chi connectivity index (χ0n) is 16.1. The molecule has 0 aromatic heterocycles. The number of benzene rings is 1. The van der Waals surface area contributed by atoms with Crippen molar-refractivity contribution < 1.29 is 23.8 Å². The smallest absolute Gasteiger partial charge is 0.306 e. The van der Waals surface area contributed by atoms with E-state index in [2.05, 4.69) is 0 Å². The second-order valence-electron chi connectivity index (χ2n) is 6.90. The monoisotopic (exact) mass is 363 g/mol. The number of hydrogen-bond acceptors (Lipinski definition) is 5. The lowest BCUT2D eigenvalue weighted by atomic mass is 10.2. The fourth-order valence-corrected chi connectivity index (χ4v) is 3.03. The molecule has 0 radical (unpaired) electrons. The highest BCUT2D eigenvalue weighted by Crippen LogP contribution is 2.14. The summed E-state index contributed by atoms with van der Waals surface area (Å²) >= 11 is 0. The Labute approximate surface area is 155 Å². The third kappa shape index (κ3) is 6.33. The molecule has 1 aliphatic heterocycles. The van der Waals surface area contributed by atoms with Crippen LogP contribution in [0.5, 0.6) is 5.75 Å². The highest BCUT2D eigenvalue weighted by Gasteiger charge is 2.30. The van der Waals surface area contributed by atoms with E-state index in [-0.39, 0.29) is 30.5 Å². The van der Waals surface area contributed by atoms with Gasteiger partial charge in [-0.05, 0) is 51.8 Å². The van der Waals surface area contributed by atoms with Crippen molar-refractivity contribution in [3.63, 3.8) is 0 Å². The van der Waals surface area contributed by atoms with Crippen molar-refractivity contribution in [2.24, 2.45) is 0 Å². The fourth-order valence-electron chi connectivity index (χ4n) is 3.03. The van der Waals surface area contributed by atoms with Crippen LogP contribution in [0.25, 0.3) is 0 Å². The average Bonchev–Trinajstić information content (AvgIpc) is 2.57. The van der Waals surface area contributed by atoms with Gasteiger partial charge in [-0.15, -0.1) is 0 Å². The van der Waals surface area contributed by atoms with Crippen LogP contribution in [0, 0.1) is 6.92 Å². The molecule has 1 amide bonds. The second kappa shape index (κ2) is 9.57. The first-order chi connectivity index (χ1) is 12.3. The van der Waals surface area contributed by atoms with Gasteiger partial charge < -0.3 is 19.1 Å². The van der Waals surface area contributed by atoms with E-state index in [1.807, 2.05) is 45.0 Å². The van der Waals surface area contributed by atoms with E-state index in [1.54, 1.807) is 11.8 Å². The van der Waals surface area contributed by atoms with Gasteiger partial charge in [-0.2, -0.15) is 0 Å². The lowest BCUT2D eigenvalue weighted by molar-refractivity contribution is -0.164. The van der Waals surface area contributed by atoms with Gasteiger partial charge in [0.05, 0.1) is 18.8 Å². The minimum Gasteiger partial charge on any atom is -0.494 e. The molecule has 1 saturated heterocycles. The van der Waals surface area contributed by atoms with Crippen LogP contribution in [0.3, 0.4) is 0 Å². The van der Waals surface area contributed by atoms with E-state index >= 15 is 0 Å². The first kappa shape index (κ1) is 20.2. The molecule has 2 rings (SSSR count). The largest absolute Gasteiger partial charge is 0.494 e. The molecule has 6 nitrogen and oxygen atoms in total. The number of esters is 1. The number of nitrogens with zero attached hydrogens (tertiary/aromatic N) is 1. The van der Waals surface area contributed by atoms with Crippen LogP contribution in [0.2, 0.25) is 0 Å². The van der Waals surface area contributed by atoms with E-state index in [1.165, 1.54) is 0 Å². The molecule has 1 aromatic rings. The number of rotatable bonds is 7. The molecule has 6 heteroatoms.